The summed E-state index contributed by atoms with van der Waals surface area (Å²) in [6.45, 7) is 13.5. The van der Waals surface area contributed by atoms with Crippen molar-refractivity contribution in [2.75, 3.05) is 63.7 Å². The van der Waals surface area contributed by atoms with Gasteiger partial charge in [-0.15, -0.1) is 5.48 Å². The zero-order valence-electron chi connectivity index (χ0n) is 24.3. The zero-order valence-corrected chi connectivity index (χ0v) is 24.3. The molecule has 2 unspecified atom stereocenters. The lowest BCUT2D eigenvalue weighted by Gasteiger charge is -2.26. The van der Waals surface area contributed by atoms with Gasteiger partial charge in [-0.05, 0) is 23.6 Å². The van der Waals surface area contributed by atoms with E-state index in [4.69, 9.17) is 19.3 Å². The lowest BCUT2D eigenvalue weighted by atomic mass is 10.1. The van der Waals surface area contributed by atoms with Crippen molar-refractivity contribution in [2.45, 2.75) is 39.9 Å². The second kappa shape index (κ2) is 14.8. The number of morpholine rings is 1. The molecule has 0 spiro atoms. The molecule has 11 heteroatoms. The number of allylic oxidation sites excluding steroid dienone is 1. The monoisotopic (exact) mass is 552 g/mol. The Kier molecular flexibility index (Phi) is 11.0. The molecular weight excluding hydrogens is 508 g/mol. The number of anilines is 2. The fraction of sp³-hybridized carbons (Fsp3) is 0.517. The molecule has 1 aromatic heterocycles. The molecule has 0 amide bonds. The first-order valence-corrected chi connectivity index (χ1v) is 14.2. The van der Waals surface area contributed by atoms with Gasteiger partial charge in [0.05, 0.1) is 25.8 Å². The van der Waals surface area contributed by atoms with Crippen LogP contribution in [0.1, 0.15) is 39.3 Å². The van der Waals surface area contributed by atoms with Crippen LogP contribution in [0, 0.1) is 5.92 Å². The SMILES string of the molecule is CC.CC(C)C1=CC(Nc2cc(OCCN3CCOCC3)nc(NCC3=CC(c4ccccc4)NO3)n2)N(C)N1. The fourth-order valence-corrected chi connectivity index (χ4v) is 4.44. The maximum absolute atomic E-state index is 6.07. The molecule has 218 valence electrons. The molecule has 3 aliphatic rings. The van der Waals surface area contributed by atoms with Crippen molar-refractivity contribution in [3.8, 4) is 5.88 Å². The van der Waals surface area contributed by atoms with E-state index in [1.807, 2.05) is 50.2 Å². The van der Waals surface area contributed by atoms with Crippen LogP contribution in [-0.2, 0) is 9.57 Å². The van der Waals surface area contributed by atoms with E-state index in [0.717, 1.165) is 44.2 Å². The molecule has 1 fully saturated rings. The number of hydroxylamine groups is 1. The first kappa shape index (κ1) is 29.6. The van der Waals surface area contributed by atoms with Crippen molar-refractivity contribution < 1.29 is 14.3 Å². The summed E-state index contributed by atoms with van der Waals surface area (Å²) in [4.78, 5) is 17.4. The van der Waals surface area contributed by atoms with Gasteiger partial charge in [0.15, 0.2) is 0 Å². The van der Waals surface area contributed by atoms with Crippen molar-refractivity contribution in [2.24, 2.45) is 5.92 Å². The summed E-state index contributed by atoms with van der Waals surface area (Å²) in [5.74, 6) is 2.83. The molecule has 40 heavy (non-hydrogen) atoms. The number of nitrogens with one attached hydrogen (secondary N) is 4. The van der Waals surface area contributed by atoms with E-state index in [2.05, 4.69) is 69.6 Å². The average Bonchev–Trinajstić information content (AvgIpc) is 3.61. The molecule has 3 aliphatic heterocycles. The van der Waals surface area contributed by atoms with Gasteiger partial charge in [0, 0.05) is 38.4 Å². The molecule has 2 aromatic rings. The van der Waals surface area contributed by atoms with Gasteiger partial charge < -0.3 is 30.4 Å². The van der Waals surface area contributed by atoms with Gasteiger partial charge in [-0.1, -0.05) is 58.0 Å². The van der Waals surface area contributed by atoms with Gasteiger partial charge in [-0.25, -0.2) is 5.01 Å². The van der Waals surface area contributed by atoms with E-state index in [1.54, 1.807) is 0 Å². The van der Waals surface area contributed by atoms with Gasteiger partial charge in [-0.2, -0.15) is 9.97 Å². The lowest BCUT2D eigenvalue weighted by molar-refractivity contribution is 0.0320. The number of nitrogens with zero attached hydrogens (tertiary/aromatic N) is 4. The third kappa shape index (κ3) is 8.31. The fourth-order valence-electron chi connectivity index (χ4n) is 4.44. The molecule has 4 heterocycles. The highest BCUT2D eigenvalue weighted by atomic mass is 16.7. The molecule has 2 atom stereocenters. The molecule has 4 N–H and O–H groups in total. The highest BCUT2D eigenvalue weighted by Gasteiger charge is 2.24. The topological polar surface area (TPSA) is 108 Å². The summed E-state index contributed by atoms with van der Waals surface area (Å²) in [7, 11) is 2.00. The van der Waals surface area contributed by atoms with E-state index >= 15 is 0 Å². The largest absolute Gasteiger partial charge is 0.476 e. The molecule has 11 nitrogen and oxygen atoms in total. The Morgan fingerprint density at radius 2 is 1.88 bits per heavy atom. The number of hydrazine groups is 1. The van der Waals surface area contributed by atoms with E-state index in [9.17, 15) is 0 Å². The minimum absolute atomic E-state index is 0.00773. The highest BCUT2D eigenvalue weighted by Crippen LogP contribution is 2.24. The zero-order chi connectivity index (χ0) is 28.3. The van der Waals surface area contributed by atoms with E-state index in [0.29, 0.717) is 36.7 Å². The molecule has 0 bridgehead atoms. The summed E-state index contributed by atoms with van der Waals surface area (Å²) >= 11 is 0. The number of hydrogen-bond acceptors (Lipinski definition) is 11. The van der Waals surface area contributed by atoms with Gasteiger partial charge in [0.25, 0.3) is 0 Å². The van der Waals surface area contributed by atoms with Crippen LogP contribution in [-0.4, -0.2) is 79.1 Å². The van der Waals surface area contributed by atoms with Crippen molar-refractivity contribution in [3.63, 3.8) is 0 Å². The normalized spacial score (nSPS) is 21.1. The second-order valence-corrected chi connectivity index (χ2v) is 9.90. The second-order valence-electron chi connectivity index (χ2n) is 9.90. The van der Waals surface area contributed by atoms with Crippen molar-refractivity contribution in [1.29, 1.82) is 0 Å². The summed E-state index contributed by atoms with van der Waals surface area (Å²) in [5, 5.41) is 8.80. The third-order valence-electron chi connectivity index (χ3n) is 6.69. The summed E-state index contributed by atoms with van der Waals surface area (Å²) in [6.07, 6.45) is 4.18. The van der Waals surface area contributed by atoms with Gasteiger partial charge >= 0.3 is 0 Å². The maximum atomic E-state index is 6.07. The Hall–Kier alpha value is -3.38. The first-order chi connectivity index (χ1) is 19.5. The summed E-state index contributed by atoms with van der Waals surface area (Å²) in [6, 6.07) is 12.0. The highest BCUT2D eigenvalue weighted by molar-refractivity contribution is 5.46. The van der Waals surface area contributed by atoms with Crippen LogP contribution in [0.4, 0.5) is 11.8 Å². The van der Waals surface area contributed by atoms with Crippen molar-refractivity contribution in [1.82, 2.24) is 30.8 Å². The molecular formula is C29H44N8O3. The summed E-state index contributed by atoms with van der Waals surface area (Å²) in [5.41, 5.74) is 8.78. The van der Waals surface area contributed by atoms with Crippen LogP contribution in [0.25, 0.3) is 0 Å². The standard InChI is InChI=1S/C27H38N8O3.C2H6/c1-19(2)22-16-25(34(3)32-22)29-24-17-26(37-14-11-35-9-12-36-13-10-35)31-27(30-24)28-18-21-15-23(33-38-21)20-7-5-4-6-8-20;1-2/h4-8,15-17,19,23,25,32-33H,9-14,18H2,1-3H3,(H2,28,29,30,31);1-2H3. The molecule has 0 saturated carbocycles. The number of likely N-dealkylation sites (N-methyl/N-ethyl adjacent to an activating group) is 1. The number of ether oxygens (including phenoxy) is 2. The Morgan fingerprint density at radius 1 is 1.10 bits per heavy atom. The van der Waals surface area contributed by atoms with Crippen LogP contribution in [0.2, 0.25) is 0 Å². The van der Waals surface area contributed by atoms with Crippen molar-refractivity contribution >= 4 is 11.8 Å². The van der Waals surface area contributed by atoms with Crippen LogP contribution in [0.3, 0.4) is 0 Å². The number of hydrogen-bond donors (Lipinski definition) is 4. The number of rotatable bonds is 11. The lowest BCUT2D eigenvalue weighted by Crippen LogP contribution is -2.40. The Balaban J connectivity index is 0.00000181. The average molecular weight is 553 g/mol. The predicted octanol–water partition coefficient (Wildman–Crippen LogP) is 3.51. The Bertz CT molecular complexity index is 1120. The molecule has 0 radical (unpaired) electrons. The molecule has 1 saturated heterocycles. The van der Waals surface area contributed by atoms with Gasteiger partial charge in [0.1, 0.15) is 24.3 Å². The van der Waals surface area contributed by atoms with Gasteiger partial charge in [0.2, 0.25) is 11.8 Å². The summed E-state index contributed by atoms with van der Waals surface area (Å²) < 4.78 is 11.5. The van der Waals surface area contributed by atoms with Crippen molar-refractivity contribution in [3.05, 3.63) is 65.6 Å². The molecule has 5 rings (SSSR count). The van der Waals surface area contributed by atoms with Crippen LogP contribution >= 0.6 is 0 Å². The van der Waals surface area contributed by atoms with E-state index in [1.165, 1.54) is 5.70 Å². The van der Waals surface area contributed by atoms with Gasteiger partial charge in [-0.3, -0.25) is 4.90 Å². The Morgan fingerprint density at radius 3 is 2.60 bits per heavy atom. The van der Waals surface area contributed by atoms with Crippen LogP contribution in [0.5, 0.6) is 5.88 Å². The minimum atomic E-state index is -0.0481. The third-order valence-corrected chi connectivity index (χ3v) is 6.69. The minimum Gasteiger partial charge on any atom is -0.476 e. The quantitative estimate of drug-likeness (QED) is 0.329. The molecule has 1 aromatic carbocycles. The smallest absolute Gasteiger partial charge is 0.228 e. The van der Waals surface area contributed by atoms with Crippen LogP contribution < -0.4 is 26.3 Å². The first-order valence-electron chi connectivity index (χ1n) is 14.2. The van der Waals surface area contributed by atoms with E-state index in [-0.39, 0.29) is 12.2 Å². The van der Waals surface area contributed by atoms with Crippen LogP contribution in [0.15, 0.2) is 60.0 Å². The Labute approximate surface area is 237 Å². The molecule has 0 aliphatic carbocycles. The predicted molar refractivity (Wildman–Crippen MR) is 157 cm³/mol. The number of benzene rings is 1. The van der Waals surface area contributed by atoms with E-state index < -0.39 is 0 Å². The maximum Gasteiger partial charge on any atom is 0.228 e. The number of aromatic nitrogens is 2.